The molecule has 1 unspecified atom stereocenters. The number of nitriles is 1. The minimum atomic E-state index is -0.0495. The number of ether oxygens (including phenoxy) is 1. The number of hydrogen-bond donors (Lipinski definition) is 0. The molecule has 7 heteroatoms. The Morgan fingerprint density at radius 3 is 2.75 bits per heavy atom. The van der Waals surface area contributed by atoms with Crippen molar-refractivity contribution in [3.8, 4) is 11.9 Å². The molecule has 0 saturated heterocycles. The third-order valence-corrected chi connectivity index (χ3v) is 4.41. The molecule has 1 atom stereocenters. The fourth-order valence-electron chi connectivity index (χ4n) is 2.81. The van der Waals surface area contributed by atoms with Gasteiger partial charge in [0, 0.05) is 19.1 Å². The van der Waals surface area contributed by atoms with Crippen LogP contribution in [0.3, 0.4) is 0 Å². The van der Waals surface area contributed by atoms with Crippen LogP contribution in [0.15, 0.2) is 53.9 Å². The first-order valence-corrected chi connectivity index (χ1v) is 8.99. The van der Waals surface area contributed by atoms with Gasteiger partial charge in [-0.25, -0.2) is 15.0 Å². The third-order valence-electron chi connectivity index (χ3n) is 4.41. The summed E-state index contributed by atoms with van der Waals surface area (Å²) in [5.74, 6) is 0.272. The summed E-state index contributed by atoms with van der Waals surface area (Å²) in [7, 11) is 0. The number of carbonyl (C=O) groups is 1. The Morgan fingerprint density at radius 2 is 2.07 bits per heavy atom. The summed E-state index contributed by atoms with van der Waals surface area (Å²) in [6.07, 6.45) is 6.04. The van der Waals surface area contributed by atoms with E-state index < -0.39 is 0 Å². The van der Waals surface area contributed by atoms with E-state index in [9.17, 15) is 4.79 Å². The van der Waals surface area contributed by atoms with Crippen molar-refractivity contribution >= 4 is 12.1 Å². The lowest BCUT2D eigenvalue weighted by Gasteiger charge is -2.22. The molecular formula is C21H21N5O2. The standard InChI is InChI=1S/C21H21N5O2/c1-15-3-6-17(7-4-15)19-9-10-25-26(19)21(27)8-5-16(2)14-28-20-13-23-18(11-22)12-24-20/h3-4,6-7,10,12-13,19H,2,5,8-9,14H2,1H3. The molecule has 1 aromatic heterocycles. The molecule has 28 heavy (non-hydrogen) atoms. The maximum Gasteiger partial charge on any atom is 0.243 e. The van der Waals surface area contributed by atoms with E-state index in [0.717, 1.165) is 17.6 Å². The number of amides is 1. The normalized spacial score (nSPS) is 15.3. The molecule has 0 fully saturated rings. The van der Waals surface area contributed by atoms with Crippen LogP contribution in [0.5, 0.6) is 5.88 Å². The van der Waals surface area contributed by atoms with Crippen LogP contribution in [0.2, 0.25) is 0 Å². The maximum absolute atomic E-state index is 12.6. The predicted molar refractivity (Wildman–Crippen MR) is 104 cm³/mol. The minimum absolute atomic E-state index is 0.0429. The number of hydrogen-bond acceptors (Lipinski definition) is 6. The molecule has 0 saturated carbocycles. The number of aryl methyl sites for hydroxylation is 1. The second-order valence-corrected chi connectivity index (χ2v) is 6.59. The SMILES string of the molecule is C=C(CCC(=O)N1N=CCC1c1ccc(C)cc1)COc1cnc(C#N)cn1. The molecule has 0 spiro atoms. The van der Waals surface area contributed by atoms with E-state index in [1.54, 1.807) is 11.2 Å². The van der Waals surface area contributed by atoms with E-state index in [1.165, 1.54) is 18.0 Å². The van der Waals surface area contributed by atoms with Crippen molar-refractivity contribution in [1.82, 2.24) is 15.0 Å². The number of aromatic nitrogens is 2. The quantitative estimate of drug-likeness (QED) is 0.692. The van der Waals surface area contributed by atoms with Crippen molar-refractivity contribution in [3.05, 3.63) is 65.6 Å². The molecule has 1 aliphatic heterocycles. The van der Waals surface area contributed by atoms with Gasteiger partial charge in [0.25, 0.3) is 0 Å². The molecule has 2 heterocycles. The zero-order chi connectivity index (χ0) is 19.9. The zero-order valence-electron chi connectivity index (χ0n) is 15.7. The number of carbonyl (C=O) groups excluding carboxylic acids is 1. The van der Waals surface area contributed by atoms with E-state index in [4.69, 9.17) is 10.00 Å². The first-order chi connectivity index (χ1) is 13.6. The van der Waals surface area contributed by atoms with E-state index in [2.05, 4.69) is 21.6 Å². The largest absolute Gasteiger partial charge is 0.472 e. The van der Waals surface area contributed by atoms with Gasteiger partial charge in [0.15, 0.2) is 5.69 Å². The maximum atomic E-state index is 12.6. The predicted octanol–water partition coefficient (Wildman–Crippen LogP) is 3.33. The Kier molecular flexibility index (Phi) is 6.12. The molecule has 3 rings (SSSR count). The molecule has 0 bridgehead atoms. The van der Waals surface area contributed by atoms with Gasteiger partial charge in [0.2, 0.25) is 11.8 Å². The zero-order valence-corrected chi connectivity index (χ0v) is 15.7. The van der Waals surface area contributed by atoms with E-state index >= 15 is 0 Å². The van der Waals surface area contributed by atoms with Crippen LogP contribution in [0.4, 0.5) is 0 Å². The minimum Gasteiger partial charge on any atom is -0.472 e. The Balaban J connectivity index is 1.48. The van der Waals surface area contributed by atoms with Crippen molar-refractivity contribution in [2.45, 2.75) is 32.2 Å². The highest BCUT2D eigenvalue weighted by atomic mass is 16.5. The van der Waals surface area contributed by atoms with Gasteiger partial charge >= 0.3 is 0 Å². The van der Waals surface area contributed by atoms with E-state index in [0.29, 0.717) is 18.7 Å². The molecule has 0 aliphatic carbocycles. The summed E-state index contributed by atoms with van der Waals surface area (Å²) in [6.45, 7) is 6.23. The highest BCUT2D eigenvalue weighted by Crippen LogP contribution is 2.29. The smallest absolute Gasteiger partial charge is 0.243 e. The van der Waals surface area contributed by atoms with Gasteiger partial charge in [0.1, 0.15) is 12.7 Å². The Hall–Kier alpha value is -3.53. The Labute approximate surface area is 164 Å². The van der Waals surface area contributed by atoms with Gasteiger partial charge in [-0.3, -0.25) is 4.79 Å². The summed E-state index contributed by atoms with van der Waals surface area (Å²) in [4.78, 5) is 20.5. The number of benzene rings is 1. The monoisotopic (exact) mass is 375 g/mol. The molecule has 2 aromatic rings. The second-order valence-electron chi connectivity index (χ2n) is 6.59. The fourth-order valence-corrected chi connectivity index (χ4v) is 2.81. The van der Waals surface area contributed by atoms with Gasteiger partial charge in [-0.05, 0) is 24.5 Å². The van der Waals surface area contributed by atoms with E-state index in [-0.39, 0.29) is 24.2 Å². The summed E-state index contributed by atoms with van der Waals surface area (Å²) >= 11 is 0. The van der Waals surface area contributed by atoms with Gasteiger partial charge < -0.3 is 4.74 Å². The Morgan fingerprint density at radius 1 is 1.29 bits per heavy atom. The van der Waals surface area contributed by atoms with Crippen molar-refractivity contribution in [1.29, 1.82) is 5.26 Å². The molecule has 0 N–H and O–H groups in total. The highest BCUT2D eigenvalue weighted by molar-refractivity contribution is 5.80. The van der Waals surface area contributed by atoms with Crippen LogP contribution in [-0.4, -0.2) is 33.7 Å². The van der Waals surface area contributed by atoms with Crippen molar-refractivity contribution in [2.24, 2.45) is 5.10 Å². The van der Waals surface area contributed by atoms with Crippen LogP contribution in [-0.2, 0) is 4.79 Å². The summed E-state index contributed by atoms with van der Waals surface area (Å²) < 4.78 is 5.49. The lowest BCUT2D eigenvalue weighted by atomic mass is 10.0. The second kappa shape index (κ2) is 8.91. The molecule has 1 aliphatic rings. The van der Waals surface area contributed by atoms with Gasteiger partial charge in [-0.2, -0.15) is 10.4 Å². The number of rotatable bonds is 7. The molecule has 1 aromatic carbocycles. The van der Waals surface area contributed by atoms with Crippen LogP contribution in [0, 0.1) is 18.3 Å². The summed E-state index contributed by atoms with van der Waals surface area (Å²) in [5.41, 5.74) is 3.27. The first-order valence-electron chi connectivity index (χ1n) is 8.99. The van der Waals surface area contributed by atoms with Gasteiger partial charge in [-0.1, -0.05) is 36.4 Å². The Bertz CT molecular complexity index is 913. The lowest BCUT2D eigenvalue weighted by Crippen LogP contribution is -2.27. The van der Waals surface area contributed by atoms with Crippen LogP contribution >= 0.6 is 0 Å². The van der Waals surface area contributed by atoms with Crippen LogP contribution in [0.1, 0.15) is 42.1 Å². The average Bonchev–Trinajstić information content (AvgIpc) is 3.21. The number of hydrazone groups is 1. The lowest BCUT2D eigenvalue weighted by molar-refractivity contribution is -0.133. The van der Waals surface area contributed by atoms with Gasteiger partial charge in [-0.15, -0.1) is 0 Å². The summed E-state index contributed by atoms with van der Waals surface area (Å²) in [5, 5.41) is 14.5. The molecule has 0 radical (unpaired) electrons. The topological polar surface area (TPSA) is 91.5 Å². The summed E-state index contributed by atoms with van der Waals surface area (Å²) in [6, 6.07) is 10.0. The van der Waals surface area contributed by atoms with Crippen molar-refractivity contribution in [3.63, 3.8) is 0 Å². The molecule has 7 nitrogen and oxygen atoms in total. The molecular weight excluding hydrogens is 354 g/mol. The molecule has 1 amide bonds. The molecule has 142 valence electrons. The first kappa shape index (κ1) is 19.2. The van der Waals surface area contributed by atoms with Crippen LogP contribution < -0.4 is 4.74 Å². The third kappa shape index (κ3) is 4.80. The van der Waals surface area contributed by atoms with Gasteiger partial charge in [0.05, 0.1) is 18.4 Å². The van der Waals surface area contributed by atoms with Crippen molar-refractivity contribution in [2.75, 3.05) is 6.61 Å². The van der Waals surface area contributed by atoms with E-state index in [1.807, 2.05) is 37.3 Å². The highest BCUT2D eigenvalue weighted by Gasteiger charge is 2.27. The number of nitrogens with zero attached hydrogens (tertiary/aromatic N) is 5. The fraction of sp³-hybridized carbons (Fsp3) is 0.286. The van der Waals surface area contributed by atoms with Crippen LogP contribution in [0.25, 0.3) is 0 Å². The van der Waals surface area contributed by atoms with Crippen molar-refractivity contribution < 1.29 is 9.53 Å². The average molecular weight is 375 g/mol.